The molecule has 8 nitrogen and oxygen atoms in total. The van der Waals surface area contributed by atoms with Gasteiger partial charge in [0.05, 0.1) is 37.4 Å². The van der Waals surface area contributed by atoms with Crippen molar-refractivity contribution in [2.24, 2.45) is 0 Å². The fraction of sp³-hybridized carbons (Fsp3) is 0.238. The summed E-state index contributed by atoms with van der Waals surface area (Å²) in [6.45, 7) is 2.07. The van der Waals surface area contributed by atoms with Crippen LogP contribution >= 0.6 is 11.8 Å². The lowest BCUT2D eigenvalue weighted by atomic mass is 10.2. The average Bonchev–Trinajstić information content (AvgIpc) is 3.19. The number of rotatable bonds is 7. The highest BCUT2D eigenvalue weighted by Gasteiger charge is 2.15. The highest BCUT2D eigenvalue weighted by molar-refractivity contribution is 7.98. The second-order valence-corrected chi connectivity index (χ2v) is 7.44. The number of hydrogen-bond acceptors (Lipinski definition) is 8. The molecule has 0 aliphatic heterocycles. The van der Waals surface area contributed by atoms with E-state index in [2.05, 4.69) is 10.2 Å². The lowest BCUT2D eigenvalue weighted by molar-refractivity contribution is 0.354. The first-order valence-corrected chi connectivity index (χ1v) is 10.2. The number of ether oxygens (including phenoxy) is 2. The van der Waals surface area contributed by atoms with Gasteiger partial charge in [0.25, 0.3) is 5.56 Å². The molecule has 0 saturated carbocycles. The van der Waals surface area contributed by atoms with Crippen molar-refractivity contribution in [3.05, 3.63) is 70.2 Å². The number of fused-ring (bicyclic) bond motifs is 1. The third-order valence-corrected chi connectivity index (χ3v) is 5.47. The van der Waals surface area contributed by atoms with Gasteiger partial charge in [0.15, 0.2) is 16.7 Å². The van der Waals surface area contributed by atoms with Gasteiger partial charge in [-0.2, -0.15) is 0 Å². The number of thioether (sulfide) groups is 1. The third kappa shape index (κ3) is 4.02. The number of methoxy groups -OCH3 is 2. The van der Waals surface area contributed by atoms with Crippen LogP contribution in [0.3, 0.4) is 0 Å². The first kappa shape index (κ1) is 20.0. The molecule has 4 rings (SSSR count). The molecule has 154 valence electrons. The molecule has 0 aliphatic rings. The Kier molecular flexibility index (Phi) is 5.71. The van der Waals surface area contributed by atoms with Crippen LogP contribution in [0.2, 0.25) is 0 Å². The van der Waals surface area contributed by atoms with Gasteiger partial charge >= 0.3 is 0 Å². The van der Waals surface area contributed by atoms with E-state index >= 15 is 0 Å². The maximum Gasteiger partial charge on any atom is 0.262 e. The Balaban J connectivity index is 1.74. The van der Waals surface area contributed by atoms with E-state index in [1.165, 1.54) is 11.8 Å². The van der Waals surface area contributed by atoms with Crippen LogP contribution in [0.4, 0.5) is 0 Å². The smallest absolute Gasteiger partial charge is 0.262 e. The van der Waals surface area contributed by atoms with Gasteiger partial charge in [-0.3, -0.25) is 9.36 Å². The first-order valence-electron chi connectivity index (χ1n) is 9.21. The molecule has 4 aromatic rings. The van der Waals surface area contributed by atoms with Crippen molar-refractivity contribution in [1.82, 2.24) is 19.7 Å². The molecular weight excluding hydrogens is 404 g/mol. The summed E-state index contributed by atoms with van der Waals surface area (Å²) in [4.78, 5) is 18.0. The van der Waals surface area contributed by atoms with E-state index in [0.29, 0.717) is 51.6 Å². The van der Waals surface area contributed by atoms with Gasteiger partial charge in [-0.25, -0.2) is 4.98 Å². The number of nitrogens with zero attached hydrogens (tertiary/aromatic N) is 4. The second kappa shape index (κ2) is 8.58. The van der Waals surface area contributed by atoms with Crippen molar-refractivity contribution in [1.29, 1.82) is 0 Å². The minimum atomic E-state index is -0.111. The minimum Gasteiger partial charge on any atom is -0.493 e. The van der Waals surface area contributed by atoms with E-state index in [1.807, 2.05) is 36.4 Å². The van der Waals surface area contributed by atoms with Gasteiger partial charge in [-0.15, -0.1) is 10.2 Å². The number of benzene rings is 2. The molecule has 0 fully saturated rings. The molecule has 0 atom stereocenters. The van der Waals surface area contributed by atoms with Gasteiger partial charge in [0.1, 0.15) is 0 Å². The largest absolute Gasteiger partial charge is 0.493 e. The van der Waals surface area contributed by atoms with Crippen molar-refractivity contribution >= 4 is 22.7 Å². The van der Waals surface area contributed by atoms with Gasteiger partial charge in [-0.05, 0) is 29.8 Å². The average molecular weight is 424 g/mol. The first-order chi connectivity index (χ1) is 14.6. The lowest BCUT2D eigenvalue weighted by Gasteiger charge is -2.14. The maximum absolute atomic E-state index is 13.2. The molecule has 30 heavy (non-hydrogen) atoms. The molecule has 0 bridgehead atoms. The summed E-state index contributed by atoms with van der Waals surface area (Å²) < 4.78 is 17.8. The molecule has 0 aliphatic carbocycles. The van der Waals surface area contributed by atoms with E-state index in [4.69, 9.17) is 18.9 Å². The molecule has 2 aromatic heterocycles. The van der Waals surface area contributed by atoms with Crippen LogP contribution in [0, 0.1) is 6.92 Å². The molecule has 2 heterocycles. The highest BCUT2D eigenvalue weighted by atomic mass is 32.2. The predicted molar refractivity (Wildman–Crippen MR) is 113 cm³/mol. The summed E-state index contributed by atoms with van der Waals surface area (Å²) in [7, 11) is 3.17. The van der Waals surface area contributed by atoms with E-state index in [9.17, 15) is 4.79 Å². The second-order valence-electron chi connectivity index (χ2n) is 6.50. The minimum absolute atomic E-state index is 0.111. The van der Waals surface area contributed by atoms with Crippen LogP contribution in [-0.4, -0.2) is 34.0 Å². The SMILES string of the molecule is COc1ccc(Cn2c(SCc3nnc(C)o3)nc3ccccc3c2=O)cc1OC. The predicted octanol–water partition coefficient (Wildman–Crippen LogP) is 3.45. The van der Waals surface area contributed by atoms with Crippen LogP contribution in [0.15, 0.2) is 56.8 Å². The molecule has 0 amide bonds. The van der Waals surface area contributed by atoms with E-state index < -0.39 is 0 Å². The summed E-state index contributed by atoms with van der Waals surface area (Å²) in [6, 6.07) is 12.9. The molecule has 0 N–H and O–H groups in total. The summed E-state index contributed by atoms with van der Waals surface area (Å²) in [5.74, 6) is 2.63. The number of aromatic nitrogens is 4. The summed E-state index contributed by atoms with van der Waals surface area (Å²) in [5, 5.41) is 9.00. The van der Waals surface area contributed by atoms with Gasteiger partial charge in [0, 0.05) is 6.92 Å². The third-order valence-electron chi connectivity index (χ3n) is 4.51. The Morgan fingerprint density at radius 2 is 1.87 bits per heavy atom. The van der Waals surface area contributed by atoms with E-state index in [0.717, 1.165) is 5.56 Å². The summed E-state index contributed by atoms with van der Waals surface area (Å²) in [5.41, 5.74) is 1.43. The Morgan fingerprint density at radius 3 is 2.60 bits per heavy atom. The fourth-order valence-electron chi connectivity index (χ4n) is 3.08. The zero-order valence-corrected chi connectivity index (χ0v) is 17.6. The van der Waals surface area contributed by atoms with Gasteiger partial charge in [-0.1, -0.05) is 30.0 Å². The number of aryl methyl sites for hydroxylation is 1. The zero-order valence-electron chi connectivity index (χ0n) is 16.8. The standard InChI is InChI=1S/C21H20N4O4S/c1-13-23-24-19(29-13)12-30-21-22-16-7-5-4-6-15(16)20(26)25(21)11-14-8-9-17(27-2)18(10-14)28-3/h4-10H,11-12H2,1-3H3. The Hall–Kier alpha value is -3.33. The van der Waals surface area contributed by atoms with Crippen LogP contribution in [0.25, 0.3) is 10.9 Å². The Bertz CT molecular complexity index is 1250. The Labute approximate surface area is 176 Å². The molecular formula is C21H20N4O4S. The molecule has 0 spiro atoms. The van der Waals surface area contributed by atoms with Crippen molar-refractivity contribution in [3.8, 4) is 11.5 Å². The van der Waals surface area contributed by atoms with Gasteiger partial charge < -0.3 is 13.9 Å². The van der Waals surface area contributed by atoms with Crippen LogP contribution in [-0.2, 0) is 12.3 Å². The number of para-hydroxylation sites is 1. The topological polar surface area (TPSA) is 92.3 Å². The lowest BCUT2D eigenvalue weighted by Crippen LogP contribution is -2.24. The normalized spacial score (nSPS) is 11.0. The van der Waals surface area contributed by atoms with E-state index in [-0.39, 0.29) is 5.56 Å². The maximum atomic E-state index is 13.2. The quantitative estimate of drug-likeness (QED) is 0.329. The Morgan fingerprint density at radius 1 is 1.07 bits per heavy atom. The zero-order chi connectivity index (χ0) is 21.1. The highest BCUT2D eigenvalue weighted by Crippen LogP contribution is 2.29. The molecule has 9 heteroatoms. The summed E-state index contributed by atoms with van der Waals surface area (Å²) in [6.07, 6.45) is 0. The van der Waals surface area contributed by atoms with Crippen molar-refractivity contribution < 1.29 is 13.9 Å². The summed E-state index contributed by atoms with van der Waals surface area (Å²) >= 11 is 1.38. The van der Waals surface area contributed by atoms with Crippen molar-refractivity contribution in [2.45, 2.75) is 24.4 Å². The van der Waals surface area contributed by atoms with Crippen molar-refractivity contribution in [3.63, 3.8) is 0 Å². The van der Waals surface area contributed by atoms with Gasteiger partial charge in [0.2, 0.25) is 11.8 Å². The molecule has 0 unspecified atom stereocenters. The monoisotopic (exact) mass is 424 g/mol. The molecule has 2 aromatic carbocycles. The number of hydrogen-bond donors (Lipinski definition) is 0. The van der Waals surface area contributed by atoms with Crippen LogP contribution in [0.5, 0.6) is 11.5 Å². The van der Waals surface area contributed by atoms with Crippen LogP contribution < -0.4 is 15.0 Å². The fourth-order valence-corrected chi connectivity index (χ4v) is 3.92. The molecule has 0 saturated heterocycles. The van der Waals surface area contributed by atoms with E-state index in [1.54, 1.807) is 31.8 Å². The molecule has 0 radical (unpaired) electrons. The van der Waals surface area contributed by atoms with Crippen LogP contribution in [0.1, 0.15) is 17.3 Å². The van der Waals surface area contributed by atoms with Crippen molar-refractivity contribution in [2.75, 3.05) is 14.2 Å².